The second-order valence-corrected chi connectivity index (χ2v) is 3.94. The first-order valence-electron chi connectivity index (χ1n) is 5.72. The number of unbranched alkanes of at least 4 members (excludes halogenated alkanes) is 1. The van der Waals surface area contributed by atoms with Crippen molar-refractivity contribution in [3.63, 3.8) is 0 Å². The Morgan fingerprint density at radius 1 is 1.27 bits per heavy atom. The third-order valence-electron chi connectivity index (χ3n) is 2.71. The second kappa shape index (κ2) is 5.29. The molecule has 2 nitrogen and oxygen atoms in total. The van der Waals surface area contributed by atoms with Crippen LogP contribution in [-0.4, -0.2) is 12.9 Å². The van der Waals surface area contributed by atoms with Crippen LogP contribution in [0.15, 0.2) is 30.3 Å². The van der Waals surface area contributed by atoms with Crippen molar-refractivity contribution in [2.45, 2.75) is 38.6 Å². The minimum atomic E-state index is 0.00940. The molecule has 1 aromatic carbocycles. The van der Waals surface area contributed by atoms with Crippen LogP contribution in [0.3, 0.4) is 0 Å². The number of rotatable bonds is 4. The van der Waals surface area contributed by atoms with E-state index in [1.54, 1.807) is 0 Å². The Labute approximate surface area is 91.2 Å². The lowest BCUT2D eigenvalue weighted by atomic mass is 10.1. The highest BCUT2D eigenvalue weighted by atomic mass is 16.7. The molecule has 0 amide bonds. The molecule has 0 unspecified atom stereocenters. The Balaban J connectivity index is 1.87. The second-order valence-electron chi connectivity index (χ2n) is 3.94. The van der Waals surface area contributed by atoms with E-state index < -0.39 is 0 Å². The fourth-order valence-corrected chi connectivity index (χ4v) is 1.82. The highest BCUT2D eigenvalue weighted by Crippen LogP contribution is 2.28. The van der Waals surface area contributed by atoms with Crippen LogP contribution in [0, 0.1) is 0 Å². The van der Waals surface area contributed by atoms with Gasteiger partial charge in [0.1, 0.15) is 6.10 Å². The van der Waals surface area contributed by atoms with Crippen molar-refractivity contribution in [2.75, 3.05) is 6.61 Å². The molecule has 15 heavy (non-hydrogen) atoms. The van der Waals surface area contributed by atoms with E-state index in [4.69, 9.17) is 9.47 Å². The van der Waals surface area contributed by atoms with E-state index in [0.717, 1.165) is 6.42 Å². The number of ether oxygens (including phenoxy) is 2. The lowest BCUT2D eigenvalue weighted by Crippen LogP contribution is -2.07. The minimum Gasteiger partial charge on any atom is -0.350 e. The van der Waals surface area contributed by atoms with Crippen LogP contribution in [-0.2, 0) is 9.47 Å². The van der Waals surface area contributed by atoms with Gasteiger partial charge in [-0.05, 0) is 18.4 Å². The molecule has 0 spiro atoms. The summed E-state index contributed by atoms with van der Waals surface area (Å²) in [7, 11) is 0. The molecule has 1 heterocycles. The molecule has 82 valence electrons. The van der Waals surface area contributed by atoms with Crippen LogP contribution in [0.1, 0.15) is 37.9 Å². The van der Waals surface area contributed by atoms with Crippen molar-refractivity contribution in [1.29, 1.82) is 0 Å². The van der Waals surface area contributed by atoms with Gasteiger partial charge in [-0.25, -0.2) is 0 Å². The maximum atomic E-state index is 5.83. The molecule has 0 radical (unpaired) electrons. The monoisotopic (exact) mass is 206 g/mol. The lowest BCUT2D eigenvalue weighted by Gasteiger charge is -2.10. The van der Waals surface area contributed by atoms with E-state index >= 15 is 0 Å². The summed E-state index contributed by atoms with van der Waals surface area (Å²) in [5.41, 5.74) is 1.22. The number of hydrogen-bond donors (Lipinski definition) is 0. The van der Waals surface area contributed by atoms with Crippen molar-refractivity contribution in [2.24, 2.45) is 0 Å². The van der Waals surface area contributed by atoms with Gasteiger partial charge in [-0.2, -0.15) is 0 Å². The summed E-state index contributed by atoms with van der Waals surface area (Å²) in [4.78, 5) is 0. The summed E-state index contributed by atoms with van der Waals surface area (Å²) in [5.74, 6) is 0. The van der Waals surface area contributed by atoms with E-state index in [1.165, 1.54) is 18.4 Å². The molecule has 2 atom stereocenters. The Bertz CT molecular complexity index is 284. The van der Waals surface area contributed by atoms with Gasteiger partial charge < -0.3 is 9.47 Å². The molecule has 1 saturated heterocycles. The van der Waals surface area contributed by atoms with Gasteiger partial charge in [-0.3, -0.25) is 0 Å². The van der Waals surface area contributed by atoms with Gasteiger partial charge >= 0.3 is 0 Å². The van der Waals surface area contributed by atoms with Gasteiger partial charge in [0.25, 0.3) is 0 Å². The third kappa shape index (κ3) is 2.80. The molecular weight excluding hydrogens is 188 g/mol. The summed E-state index contributed by atoms with van der Waals surface area (Å²) in [5, 5.41) is 0. The average molecular weight is 206 g/mol. The van der Waals surface area contributed by atoms with Crippen LogP contribution >= 0.6 is 0 Å². The summed E-state index contributed by atoms with van der Waals surface area (Å²) >= 11 is 0. The van der Waals surface area contributed by atoms with Gasteiger partial charge in [0.05, 0.1) is 6.61 Å². The molecular formula is C13H18O2. The smallest absolute Gasteiger partial charge is 0.158 e. The zero-order valence-corrected chi connectivity index (χ0v) is 9.19. The predicted molar refractivity (Wildman–Crippen MR) is 59.5 cm³/mol. The Morgan fingerprint density at radius 3 is 2.80 bits per heavy atom. The molecule has 0 N–H and O–H groups in total. The van der Waals surface area contributed by atoms with Crippen LogP contribution in [0.5, 0.6) is 0 Å². The van der Waals surface area contributed by atoms with E-state index in [1.807, 2.05) is 18.2 Å². The fraction of sp³-hybridized carbons (Fsp3) is 0.538. The summed E-state index contributed by atoms with van der Waals surface area (Å²) < 4.78 is 11.4. The molecule has 1 aromatic rings. The van der Waals surface area contributed by atoms with Gasteiger partial charge in [0.2, 0.25) is 0 Å². The zero-order chi connectivity index (χ0) is 10.5. The molecule has 1 aliphatic rings. The molecule has 0 aliphatic carbocycles. The van der Waals surface area contributed by atoms with Gasteiger partial charge in [-0.1, -0.05) is 43.7 Å². The minimum absolute atomic E-state index is 0.00940. The van der Waals surface area contributed by atoms with Crippen LogP contribution in [0.2, 0.25) is 0 Å². The van der Waals surface area contributed by atoms with E-state index in [-0.39, 0.29) is 12.4 Å². The maximum absolute atomic E-state index is 5.83. The lowest BCUT2D eigenvalue weighted by molar-refractivity contribution is -0.0635. The van der Waals surface area contributed by atoms with E-state index in [9.17, 15) is 0 Å². The van der Waals surface area contributed by atoms with Crippen molar-refractivity contribution < 1.29 is 9.47 Å². The normalized spacial score (nSPS) is 25.7. The van der Waals surface area contributed by atoms with Gasteiger partial charge in [-0.15, -0.1) is 0 Å². The molecule has 1 aliphatic heterocycles. The molecule has 0 aromatic heterocycles. The molecule has 2 heteroatoms. The molecule has 2 rings (SSSR count). The van der Waals surface area contributed by atoms with E-state index in [2.05, 4.69) is 19.1 Å². The van der Waals surface area contributed by atoms with Crippen LogP contribution in [0.4, 0.5) is 0 Å². The van der Waals surface area contributed by atoms with E-state index in [0.29, 0.717) is 6.61 Å². The predicted octanol–water partition coefficient (Wildman–Crippen LogP) is 3.29. The fourth-order valence-electron chi connectivity index (χ4n) is 1.82. The van der Waals surface area contributed by atoms with Crippen molar-refractivity contribution in [3.05, 3.63) is 35.9 Å². The summed E-state index contributed by atoms with van der Waals surface area (Å²) in [6.45, 7) is 2.88. The first kappa shape index (κ1) is 10.7. The van der Waals surface area contributed by atoms with Crippen molar-refractivity contribution in [3.8, 4) is 0 Å². The van der Waals surface area contributed by atoms with Crippen molar-refractivity contribution >= 4 is 0 Å². The highest BCUT2D eigenvalue weighted by molar-refractivity contribution is 5.18. The molecule has 0 bridgehead atoms. The summed E-state index contributed by atoms with van der Waals surface area (Å²) in [6, 6.07) is 10.3. The van der Waals surface area contributed by atoms with Crippen LogP contribution in [0.25, 0.3) is 0 Å². The largest absolute Gasteiger partial charge is 0.350 e. The third-order valence-corrected chi connectivity index (χ3v) is 2.71. The number of hydrogen-bond acceptors (Lipinski definition) is 2. The topological polar surface area (TPSA) is 18.5 Å². The average Bonchev–Trinajstić information content (AvgIpc) is 2.76. The maximum Gasteiger partial charge on any atom is 0.158 e. The first-order chi connectivity index (χ1) is 7.40. The molecule has 0 saturated carbocycles. The first-order valence-corrected chi connectivity index (χ1v) is 5.72. The molecule has 1 fully saturated rings. The number of benzene rings is 1. The Morgan fingerprint density at radius 2 is 2.07 bits per heavy atom. The Hall–Kier alpha value is -0.860. The SMILES string of the molecule is CCCC[C@@H]1OC[C@@H](c2ccccc2)O1. The standard InChI is InChI=1S/C13H18O2/c1-2-3-9-13-14-10-12(15-13)11-7-5-4-6-8-11/h4-8,12-13H,2-3,9-10H2,1H3/t12-,13+/m0/s1. The summed E-state index contributed by atoms with van der Waals surface area (Å²) in [6.07, 6.45) is 3.52. The van der Waals surface area contributed by atoms with Crippen molar-refractivity contribution in [1.82, 2.24) is 0 Å². The quantitative estimate of drug-likeness (QED) is 0.752. The van der Waals surface area contributed by atoms with Gasteiger partial charge in [0, 0.05) is 0 Å². The Kier molecular flexibility index (Phi) is 3.75. The highest BCUT2D eigenvalue weighted by Gasteiger charge is 2.26. The van der Waals surface area contributed by atoms with Gasteiger partial charge in [0.15, 0.2) is 6.29 Å². The zero-order valence-electron chi connectivity index (χ0n) is 9.19. The van der Waals surface area contributed by atoms with Crippen LogP contribution < -0.4 is 0 Å².